The number of imidazole rings is 1. The maximum absolute atomic E-state index is 11.3. The van der Waals surface area contributed by atoms with E-state index in [4.69, 9.17) is 5.73 Å². The molecular formula is C19H23N3O2. The number of aliphatic hydroxyl groups is 1. The minimum absolute atomic E-state index is 0.0193. The number of benzene rings is 1. The number of rotatable bonds is 4. The molecule has 1 aromatic heterocycles. The lowest BCUT2D eigenvalue weighted by molar-refractivity contribution is -0.123. The van der Waals surface area contributed by atoms with Crippen LogP contribution in [0.4, 0.5) is 0 Å². The fourth-order valence-corrected chi connectivity index (χ4v) is 4.42. The van der Waals surface area contributed by atoms with Gasteiger partial charge in [-0.25, -0.2) is 4.98 Å². The number of fused-ring (bicyclic) bond motifs is 3. The molecule has 0 saturated heterocycles. The molecule has 4 rings (SSSR count). The number of hydrogen-bond donors (Lipinski definition) is 2. The fourth-order valence-electron chi connectivity index (χ4n) is 4.42. The number of hydrogen-bond acceptors (Lipinski definition) is 3. The predicted octanol–water partition coefficient (Wildman–Crippen LogP) is 2.50. The van der Waals surface area contributed by atoms with E-state index < -0.39 is 6.10 Å². The van der Waals surface area contributed by atoms with Gasteiger partial charge in [0.05, 0.1) is 30.4 Å². The van der Waals surface area contributed by atoms with Crippen molar-refractivity contribution < 1.29 is 9.90 Å². The first kappa shape index (κ1) is 15.4. The van der Waals surface area contributed by atoms with E-state index in [0.717, 1.165) is 43.4 Å². The highest BCUT2D eigenvalue weighted by atomic mass is 16.3. The van der Waals surface area contributed by atoms with Gasteiger partial charge in [-0.1, -0.05) is 24.3 Å². The normalized spacial score (nSPS) is 26.6. The number of carbonyl (C=O) groups excluding carboxylic acids is 1. The highest BCUT2D eigenvalue weighted by Crippen LogP contribution is 2.43. The van der Waals surface area contributed by atoms with Crippen LogP contribution < -0.4 is 5.73 Å². The van der Waals surface area contributed by atoms with E-state index in [-0.39, 0.29) is 17.9 Å². The number of aromatic nitrogens is 2. The molecule has 0 radical (unpaired) electrons. The van der Waals surface area contributed by atoms with Crippen molar-refractivity contribution in [3.63, 3.8) is 0 Å². The Labute approximate surface area is 141 Å². The number of primary amides is 1. The monoisotopic (exact) mass is 325 g/mol. The second kappa shape index (κ2) is 6.06. The van der Waals surface area contributed by atoms with Crippen LogP contribution in [0.2, 0.25) is 0 Å². The van der Waals surface area contributed by atoms with Crippen molar-refractivity contribution in [2.24, 2.45) is 17.6 Å². The summed E-state index contributed by atoms with van der Waals surface area (Å²) in [5, 5.41) is 10.9. The second-order valence-electron chi connectivity index (χ2n) is 7.14. The molecule has 1 aliphatic carbocycles. The lowest BCUT2D eigenvalue weighted by Gasteiger charge is -2.30. The van der Waals surface area contributed by atoms with Crippen LogP contribution >= 0.6 is 0 Å². The molecule has 1 fully saturated rings. The zero-order valence-electron chi connectivity index (χ0n) is 13.6. The van der Waals surface area contributed by atoms with Crippen molar-refractivity contribution >= 4 is 5.91 Å². The Kier molecular flexibility index (Phi) is 3.88. The van der Waals surface area contributed by atoms with E-state index in [2.05, 4.69) is 21.7 Å². The molecule has 0 spiro atoms. The molecule has 2 unspecified atom stereocenters. The van der Waals surface area contributed by atoms with Crippen LogP contribution in [0.5, 0.6) is 0 Å². The third-order valence-corrected chi connectivity index (χ3v) is 5.71. The predicted molar refractivity (Wildman–Crippen MR) is 91.1 cm³/mol. The van der Waals surface area contributed by atoms with Gasteiger partial charge in [-0.15, -0.1) is 0 Å². The van der Waals surface area contributed by atoms with E-state index in [9.17, 15) is 9.90 Å². The Morgan fingerprint density at radius 1 is 1.29 bits per heavy atom. The molecule has 24 heavy (non-hydrogen) atoms. The van der Waals surface area contributed by atoms with E-state index in [1.54, 1.807) is 0 Å². The minimum atomic E-state index is -0.447. The van der Waals surface area contributed by atoms with Gasteiger partial charge in [-0.05, 0) is 43.6 Å². The first-order chi connectivity index (χ1) is 11.6. The summed E-state index contributed by atoms with van der Waals surface area (Å²) in [6.45, 7) is 0. The molecule has 2 aromatic rings. The molecule has 2 aliphatic rings. The Balaban J connectivity index is 1.50. The van der Waals surface area contributed by atoms with E-state index in [1.807, 2.05) is 24.7 Å². The van der Waals surface area contributed by atoms with Gasteiger partial charge >= 0.3 is 0 Å². The molecule has 2 atom stereocenters. The van der Waals surface area contributed by atoms with E-state index in [1.165, 1.54) is 5.56 Å². The van der Waals surface area contributed by atoms with Crippen LogP contribution in [-0.4, -0.2) is 26.7 Å². The quantitative estimate of drug-likeness (QED) is 0.906. The molecule has 1 saturated carbocycles. The largest absolute Gasteiger partial charge is 0.391 e. The van der Waals surface area contributed by atoms with Crippen molar-refractivity contribution in [1.29, 1.82) is 0 Å². The second-order valence-corrected chi connectivity index (χ2v) is 7.14. The van der Waals surface area contributed by atoms with Crippen LogP contribution in [0.15, 0.2) is 36.8 Å². The summed E-state index contributed by atoms with van der Waals surface area (Å²) in [6.07, 6.45) is 7.62. The van der Waals surface area contributed by atoms with Gasteiger partial charge < -0.3 is 15.4 Å². The van der Waals surface area contributed by atoms with Gasteiger partial charge in [0, 0.05) is 11.5 Å². The number of aliphatic hydroxyl groups excluding tert-OH is 1. The third-order valence-electron chi connectivity index (χ3n) is 5.71. The van der Waals surface area contributed by atoms with Crippen LogP contribution in [-0.2, 0) is 4.79 Å². The molecule has 5 heteroatoms. The maximum Gasteiger partial charge on any atom is 0.220 e. The Bertz CT molecular complexity index is 747. The Morgan fingerprint density at radius 3 is 2.79 bits per heavy atom. The third kappa shape index (κ3) is 2.53. The first-order valence-corrected chi connectivity index (χ1v) is 8.73. The summed E-state index contributed by atoms with van der Waals surface area (Å²) < 4.78 is 2.09. The van der Waals surface area contributed by atoms with Gasteiger partial charge in [0.15, 0.2) is 0 Å². The zero-order chi connectivity index (χ0) is 16.7. The van der Waals surface area contributed by atoms with Crippen LogP contribution in [0.1, 0.15) is 43.7 Å². The summed E-state index contributed by atoms with van der Waals surface area (Å²) in [5.41, 5.74) is 8.82. The number of nitrogens with zero attached hydrogens (tertiary/aromatic N) is 2. The van der Waals surface area contributed by atoms with Gasteiger partial charge in [-0.2, -0.15) is 0 Å². The molecule has 2 heterocycles. The standard InChI is InChI=1S/C19H23N3O2/c20-19(24)13-7-5-12(6-8-13)9-17(23)18-15-4-2-1-3-14(15)16-10-21-11-22(16)18/h1-4,10-13,17-18,23H,5-9H2,(H2,20,24). The van der Waals surface area contributed by atoms with Crippen molar-refractivity contribution in [2.75, 3.05) is 0 Å². The number of carbonyl (C=O) groups is 1. The van der Waals surface area contributed by atoms with Gasteiger partial charge in [0.1, 0.15) is 0 Å². The molecule has 1 aliphatic heterocycles. The van der Waals surface area contributed by atoms with Gasteiger partial charge in [-0.3, -0.25) is 4.79 Å². The molecule has 0 bridgehead atoms. The van der Waals surface area contributed by atoms with Gasteiger partial charge in [0.25, 0.3) is 0 Å². The first-order valence-electron chi connectivity index (χ1n) is 8.73. The minimum Gasteiger partial charge on any atom is -0.391 e. The molecule has 3 N–H and O–H groups in total. The SMILES string of the molecule is NC(=O)C1CCC(CC(O)C2c3ccccc3-c3cncn32)CC1. The molecule has 5 nitrogen and oxygen atoms in total. The lowest BCUT2D eigenvalue weighted by Crippen LogP contribution is -2.30. The molecular weight excluding hydrogens is 302 g/mol. The van der Waals surface area contributed by atoms with E-state index >= 15 is 0 Å². The summed E-state index contributed by atoms with van der Waals surface area (Å²) in [4.78, 5) is 15.6. The number of nitrogens with two attached hydrogens (primary N) is 1. The van der Waals surface area contributed by atoms with Crippen molar-refractivity contribution in [2.45, 2.75) is 44.2 Å². The maximum atomic E-state index is 11.3. The fraction of sp³-hybridized carbons (Fsp3) is 0.474. The lowest BCUT2D eigenvalue weighted by atomic mass is 9.78. The average molecular weight is 325 g/mol. The van der Waals surface area contributed by atoms with Gasteiger partial charge in [0.2, 0.25) is 5.91 Å². The van der Waals surface area contributed by atoms with Crippen molar-refractivity contribution in [3.05, 3.63) is 42.4 Å². The number of amides is 1. The molecule has 1 amide bonds. The summed E-state index contributed by atoms with van der Waals surface area (Å²) in [5.74, 6) is 0.294. The van der Waals surface area contributed by atoms with Crippen LogP contribution in [0, 0.1) is 11.8 Å². The highest BCUT2D eigenvalue weighted by Gasteiger charge is 2.35. The summed E-state index contributed by atoms with van der Waals surface area (Å²) >= 11 is 0. The molecule has 1 aromatic carbocycles. The highest BCUT2D eigenvalue weighted by molar-refractivity contribution is 5.76. The van der Waals surface area contributed by atoms with Crippen molar-refractivity contribution in [1.82, 2.24) is 9.55 Å². The topological polar surface area (TPSA) is 81.1 Å². The summed E-state index contributed by atoms with van der Waals surface area (Å²) in [7, 11) is 0. The van der Waals surface area contributed by atoms with E-state index in [0.29, 0.717) is 5.92 Å². The zero-order valence-corrected chi connectivity index (χ0v) is 13.6. The Hall–Kier alpha value is -2.14. The van der Waals surface area contributed by atoms with Crippen LogP contribution in [0.3, 0.4) is 0 Å². The van der Waals surface area contributed by atoms with Crippen molar-refractivity contribution in [3.8, 4) is 11.3 Å². The Morgan fingerprint density at radius 2 is 2.04 bits per heavy atom. The average Bonchev–Trinajstić information content (AvgIpc) is 3.15. The van der Waals surface area contributed by atoms with Crippen LogP contribution in [0.25, 0.3) is 11.3 Å². The smallest absolute Gasteiger partial charge is 0.220 e. The molecule has 126 valence electrons. The summed E-state index contributed by atoms with van der Waals surface area (Å²) in [6, 6.07) is 8.17.